The first-order valence-electron chi connectivity index (χ1n) is 9.68. The van der Waals surface area contributed by atoms with Gasteiger partial charge in [0.25, 0.3) is 5.91 Å². The highest BCUT2D eigenvalue weighted by atomic mass is 16.2. The Morgan fingerprint density at radius 2 is 1.72 bits per heavy atom. The number of nitrogens with zero attached hydrogens (tertiary/aromatic N) is 1. The molecule has 1 aromatic rings. The van der Waals surface area contributed by atoms with E-state index in [0.717, 1.165) is 50.8 Å². The standard InChI is InChI=1S/C21H32N2O2/c1-4-19(5-2)22-20(24)11-8-17-12-14-23(15-13-17)21(25)18-9-6-16(3)7-10-18/h6-7,9-10,17,19H,4-5,8,11-15H2,1-3H3,(H,22,24). The summed E-state index contributed by atoms with van der Waals surface area (Å²) in [5.74, 6) is 0.853. The van der Waals surface area contributed by atoms with E-state index in [4.69, 9.17) is 0 Å². The maximum Gasteiger partial charge on any atom is 0.253 e. The fourth-order valence-electron chi connectivity index (χ4n) is 3.43. The van der Waals surface area contributed by atoms with Crippen LogP contribution in [0.2, 0.25) is 0 Å². The van der Waals surface area contributed by atoms with Crippen molar-refractivity contribution in [2.75, 3.05) is 13.1 Å². The molecule has 0 bridgehead atoms. The number of benzene rings is 1. The van der Waals surface area contributed by atoms with E-state index < -0.39 is 0 Å². The number of hydrogen-bond acceptors (Lipinski definition) is 2. The molecule has 1 aliphatic heterocycles. The predicted molar refractivity (Wildman–Crippen MR) is 102 cm³/mol. The van der Waals surface area contributed by atoms with E-state index in [1.807, 2.05) is 36.1 Å². The van der Waals surface area contributed by atoms with Crippen LogP contribution in [0.15, 0.2) is 24.3 Å². The number of carbonyl (C=O) groups excluding carboxylic acids is 2. The molecule has 1 saturated heterocycles. The first-order chi connectivity index (χ1) is 12.0. The van der Waals surface area contributed by atoms with Gasteiger partial charge in [-0.15, -0.1) is 0 Å². The van der Waals surface area contributed by atoms with Crippen molar-refractivity contribution in [3.05, 3.63) is 35.4 Å². The van der Waals surface area contributed by atoms with Gasteiger partial charge in [-0.05, 0) is 57.1 Å². The molecule has 2 rings (SSSR count). The number of aryl methyl sites for hydroxylation is 1. The van der Waals surface area contributed by atoms with E-state index in [9.17, 15) is 9.59 Å². The van der Waals surface area contributed by atoms with Crippen LogP contribution in [-0.4, -0.2) is 35.8 Å². The van der Waals surface area contributed by atoms with Gasteiger partial charge in [-0.2, -0.15) is 0 Å². The molecule has 1 fully saturated rings. The fourth-order valence-corrected chi connectivity index (χ4v) is 3.43. The van der Waals surface area contributed by atoms with Crippen molar-refractivity contribution in [3.8, 4) is 0 Å². The summed E-state index contributed by atoms with van der Waals surface area (Å²) in [5.41, 5.74) is 1.94. The Bertz CT molecular complexity index is 556. The molecule has 1 heterocycles. The molecule has 1 aliphatic rings. The number of nitrogens with one attached hydrogen (secondary N) is 1. The van der Waals surface area contributed by atoms with Crippen molar-refractivity contribution in [3.63, 3.8) is 0 Å². The quantitative estimate of drug-likeness (QED) is 0.815. The minimum atomic E-state index is 0.130. The van der Waals surface area contributed by atoms with Crippen molar-refractivity contribution in [2.45, 2.75) is 65.3 Å². The lowest BCUT2D eigenvalue weighted by atomic mass is 9.91. The van der Waals surface area contributed by atoms with Crippen LogP contribution in [0.4, 0.5) is 0 Å². The van der Waals surface area contributed by atoms with Gasteiger partial charge in [-0.3, -0.25) is 9.59 Å². The van der Waals surface area contributed by atoms with Crippen LogP contribution in [0.1, 0.15) is 68.3 Å². The van der Waals surface area contributed by atoms with Crippen LogP contribution in [-0.2, 0) is 4.79 Å². The molecule has 0 aromatic heterocycles. The van der Waals surface area contributed by atoms with E-state index in [1.165, 1.54) is 5.56 Å². The van der Waals surface area contributed by atoms with Crippen LogP contribution < -0.4 is 5.32 Å². The Hall–Kier alpha value is -1.84. The third-order valence-electron chi connectivity index (χ3n) is 5.33. The van der Waals surface area contributed by atoms with Gasteiger partial charge >= 0.3 is 0 Å². The van der Waals surface area contributed by atoms with Crippen LogP contribution in [0.25, 0.3) is 0 Å². The minimum absolute atomic E-state index is 0.130. The van der Waals surface area contributed by atoms with Crippen LogP contribution in [0.5, 0.6) is 0 Å². The molecular weight excluding hydrogens is 312 g/mol. The van der Waals surface area contributed by atoms with Crippen LogP contribution >= 0.6 is 0 Å². The van der Waals surface area contributed by atoms with Gasteiger partial charge < -0.3 is 10.2 Å². The fraction of sp³-hybridized carbons (Fsp3) is 0.619. The number of hydrogen-bond donors (Lipinski definition) is 1. The van der Waals surface area contributed by atoms with Crippen molar-refractivity contribution in [2.24, 2.45) is 5.92 Å². The molecule has 0 aliphatic carbocycles. The zero-order valence-electron chi connectivity index (χ0n) is 15.9. The maximum atomic E-state index is 12.5. The average molecular weight is 344 g/mol. The summed E-state index contributed by atoms with van der Waals surface area (Å²) >= 11 is 0. The van der Waals surface area contributed by atoms with E-state index in [2.05, 4.69) is 19.2 Å². The summed E-state index contributed by atoms with van der Waals surface area (Å²) in [5, 5.41) is 3.11. The molecule has 1 aromatic carbocycles. The number of carbonyl (C=O) groups is 2. The topological polar surface area (TPSA) is 49.4 Å². The Labute approximate surface area is 152 Å². The molecule has 2 amide bonds. The highest BCUT2D eigenvalue weighted by Gasteiger charge is 2.24. The predicted octanol–water partition coefficient (Wildman–Crippen LogP) is 3.93. The Morgan fingerprint density at radius 3 is 2.28 bits per heavy atom. The minimum Gasteiger partial charge on any atom is -0.353 e. The molecule has 25 heavy (non-hydrogen) atoms. The smallest absolute Gasteiger partial charge is 0.253 e. The molecule has 0 atom stereocenters. The first kappa shape index (κ1) is 19.5. The molecule has 0 spiro atoms. The zero-order chi connectivity index (χ0) is 18.2. The third kappa shape index (κ3) is 5.87. The number of likely N-dealkylation sites (tertiary alicyclic amines) is 1. The Kier molecular flexibility index (Phi) is 7.48. The zero-order valence-corrected chi connectivity index (χ0v) is 15.9. The lowest BCUT2D eigenvalue weighted by Crippen LogP contribution is -2.39. The van der Waals surface area contributed by atoms with Gasteiger partial charge in [0.1, 0.15) is 0 Å². The second-order valence-electron chi connectivity index (χ2n) is 7.22. The maximum absolute atomic E-state index is 12.5. The molecule has 138 valence electrons. The first-order valence-corrected chi connectivity index (χ1v) is 9.68. The van der Waals surface area contributed by atoms with Crippen molar-refractivity contribution in [1.82, 2.24) is 10.2 Å². The van der Waals surface area contributed by atoms with E-state index in [-0.39, 0.29) is 11.8 Å². The monoisotopic (exact) mass is 344 g/mol. The second kappa shape index (κ2) is 9.59. The van der Waals surface area contributed by atoms with Crippen molar-refractivity contribution in [1.29, 1.82) is 0 Å². The number of rotatable bonds is 7. The van der Waals surface area contributed by atoms with Gasteiger partial charge in [-0.1, -0.05) is 31.5 Å². The normalized spacial score (nSPS) is 15.4. The molecule has 0 radical (unpaired) electrons. The largest absolute Gasteiger partial charge is 0.353 e. The summed E-state index contributed by atoms with van der Waals surface area (Å²) < 4.78 is 0. The molecular formula is C21H32N2O2. The molecule has 0 saturated carbocycles. The highest BCUT2D eigenvalue weighted by Crippen LogP contribution is 2.23. The van der Waals surface area contributed by atoms with Gasteiger partial charge in [0.05, 0.1) is 0 Å². The SMILES string of the molecule is CCC(CC)NC(=O)CCC1CCN(C(=O)c2ccc(C)cc2)CC1. The molecule has 4 heteroatoms. The van der Waals surface area contributed by atoms with Gasteiger partial charge in [0.15, 0.2) is 0 Å². The Morgan fingerprint density at radius 1 is 1.12 bits per heavy atom. The highest BCUT2D eigenvalue weighted by molar-refractivity contribution is 5.94. The van der Waals surface area contributed by atoms with Crippen LogP contribution in [0.3, 0.4) is 0 Å². The number of amides is 2. The van der Waals surface area contributed by atoms with E-state index in [1.54, 1.807) is 0 Å². The van der Waals surface area contributed by atoms with Gasteiger partial charge in [0, 0.05) is 31.1 Å². The van der Waals surface area contributed by atoms with Gasteiger partial charge in [0.2, 0.25) is 5.91 Å². The van der Waals surface area contributed by atoms with Crippen LogP contribution in [0, 0.1) is 12.8 Å². The van der Waals surface area contributed by atoms with Crippen molar-refractivity contribution >= 4 is 11.8 Å². The summed E-state index contributed by atoms with van der Waals surface area (Å²) in [6.45, 7) is 7.83. The summed E-state index contributed by atoms with van der Waals surface area (Å²) in [6.07, 6.45) is 5.50. The summed E-state index contributed by atoms with van der Waals surface area (Å²) in [4.78, 5) is 26.5. The summed E-state index contributed by atoms with van der Waals surface area (Å²) in [7, 11) is 0. The molecule has 4 nitrogen and oxygen atoms in total. The number of piperidine rings is 1. The van der Waals surface area contributed by atoms with E-state index in [0.29, 0.717) is 18.4 Å². The van der Waals surface area contributed by atoms with E-state index >= 15 is 0 Å². The molecule has 0 unspecified atom stereocenters. The molecule has 1 N–H and O–H groups in total. The van der Waals surface area contributed by atoms with Gasteiger partial charge in [-0.25, -0.2) is 0 Å². The second-order valence-corrected chi connectivity index (χ2v) is 7.22. The Balaban J connectivity index is 1.73. The third-order valence-corrected chi connectivity index (χ3v) is 5.33. The lowest BCUT2D eigenvalue weighted by molar-refractivity contribution is -0.122. The summed E-state index contributed by atoms with van der Waals surface area (Å²) in [6, 6.07) is 8.09. The van der Waals surface area contributed by atoms with Crippen molar-refractivity contribution < 1.29 is 9.59 Å². The lowest BCUT2D eigenvalue weighted by Gasteiger charge is -2.32. The average Bonchev–Trinajstić information content (AvgIpc) is 2.65.